The van der Waals surface area contributed by atoms with E-state index in [0.717, 1.165) is 25.1 Å². The van der Waals surface area contributed by atoms with Gasteiger partial charge in [-0.15, -0.1) is 0 Å². The van der Waals surface area contributed by atoms with Crippen molar-refractivity contribution in [3.05, 3.63) is 28.1 Å². The summed E-state index contributed by atoms with van der Waals surface area (Å²) in [6.07, 6.45) is 2.58. The van der Waals surface area contributed by atoms with Gasteiger partial charge < -0.3 is 15.0 Å². The van der Waals surface area contributed by atoms with E-state index in [1.165, 1.54) is 4.90 Å². The second kappa shape index (κ2) is 5.32. The number of nitrogens with one attached hydrogen (secondary N) is 1. The van der Waals surface area contributed by atoms with E-state index in [4.69, 9.17) is 0 Å². The number of aromatic nitrogens is 1. The first-order chi connectivity index (χ1) is 9.41. The summed E-state index contributed by atoms with van der Waals surface area (Å²) in [5, 5.41) is 19.9. The molecule has 20 heavy (non-hydrogen) atoms. The molecule has 1 saturated heterocycles. The first-order valence-electron chi connectivity index (χ1n) is 6.28. The number of aliphatic carboxylic acids is 1. The third kappa shape index (κ3) is 2.49. The Bertz CT molecular complexity index is 553. The summed E-state index contributed by atoms with van der Waals surface area (Å²) >= 11 is 0. The molecule has 0 bridgehead atoms. The number of carboxylic acid groups (broad SMARTS) is 1. The van der Waals surface area contributed by atoms with Gasteiger partial charge in [0.2, 0.25) is 0 Å². The molecule has 0 radical (unpaired) electrons. The smallest absolute Gasteiger partial charge is 0.326 e. The number of carbonyl (C=O) groups is 2. The number of carbonyl (C=O) groups excluding carboxylic acids is 1. The Balaban J connectivity index is 2.25. The molecule has 0 aliphatic carbocycles. The van der Waals surface area contributed by atoms with Gasteiger partial charge in [-0.1, -0.05) is 6.92 Å². The van der Waals surface area contributed by atoms with Gasteiger partial charge in [0.1, 0.15) is 11.7 Å². The van der Waals surface area contributed by atoms with Crippen LogP contribution in [0.25, 0.3) is 0 Å². The molecule has 2 heterocycles. The second-order valence-electron chi connectivity index (χ2n) is 4.93. The van der Waals surface area contributed by atoms with Crippen molar-refractivity contribution in [2.24, 2.45) is 5.92 Å². The highest BCUT2D eigenvalue weighted by atomic mass is 16.6. The molecule has 2 unspecified atom stereocenters. The van der Waals surface area contributed by atoms with Crippen molar-refractivity contribution < 1.29 is 19.6 Å². The summed E-state index contributed by atoms with van der Waals surface area (Å²) < 4.78 is 0. The lowest BCUT2D eigenvalue weighted by Gasteiger charge is -2.36. The van der Waals surface area contributed by atoms with Gasteiger partial charge in [-0.25, -0.2) is 4.79 Å². The molecule has 8 nitrogen and oxygen atoms in total. The van der Waals surface area contributed by atoms with Gasteiger partial charge in [0, 0.05) is 12.6 Å². The zero-order valence-electron chi connectivity index (χ0n) is 10.9. The number of hydrogen-bond acceptors (Lipinski definition) is 4. The fourth-order valence-electron chi connectivity index (χ4n) is 2.56. The van der Waals surface area contributed by atoms with Gasteiger partial charge in [0.05, 0.1) is 11.1 Å². The van der Waals surface area contributed by atoms with Crippen LogP contribution in [0.4, 0.5) is 5.69 Å². The van der Waals surface area contributed by atoms with E-state index in [1.807, 2.05) is 0 Å². The number of nitrogens with zero attached hydrogens (tertiary/aromatic N) is 2. The molecule has 0 saturated carbocycles. The molecule has 2 atom stereocenters. The predicted molar refractivity (Wildman–Crippen MR) is 68.3 cm³/mol. The Labute approximate surface area is 114 Å². The van der Waals surface area contributed by atoms with Gasteiger partial charge in [-0.3, -0.25) is 14.9 Å². The van der Waals surface area contributed by atoms with E-state index in [2.05, 4.69) is 4.98 Å². The highest BCUT2D eigenvalue weighted by molar-refractivity contribution is 5.96. The summed E-state index contributed by atoms with van der Waals surface area (Å²) in [6, 6.07) is 0.235. The van der Waals surface area contributed by atoms with Crippen molar-refractivity contribution in [2.45, 2.75) is 25.8 Å². The zero-order chi connectivity index (χ0) is 14.9. The van der Waals surface area contributed by atoms with Crippen molar-refractivity contribution in [3.63, 3.8) is 0 Å². The van der Waals surface area contributed by atoms with E-state index in [-0.39, 0.29) is 17.3 Å². The first-order valence-corrected chi connectivity index (χ1v) is 6.28. The molecule has 1 aromatic rings. The van der Waals surface area contributed by atoms with E-state index in [1.54, 1.807) is 6.92 Å². The van der Waals surface area contributed by atoms with Crippen LogP contribution in [0.5, 0.6) is 0 Å². The SMILES string of the molecule is CC1CCCN(C(=O)c2cc([N+](=O)[O-])c[nH]2)C1C(=O)O. The standard InChI is InChI=1S/C12H15N3O5/c1-7-3-2-4-14(10(7)12(17)18)11(16)9-5-8(6-13-9)15(19)20/h5-7,10,13H,2-4H2,1H3,(H,17,18). The third-order valence-corrected chi connectivity index (χ3v) is 3.56. The number of carboxylic acids is 1. The largest absolute Gasteiger partial charge is 0.480 e. The molecule has 8 heteroatoms. The molecular formula is C12H15N3O5. The number of likely N-dealkylation sites (tertiary alicyclic amines) is 1. The van der Waals surface area contributed by atoms with Crippen molar-refractivity contribution in [2.75, 3.05) is 6.54 Å². The van der Waals surface area contributed by atoms with E-state index < -0.39 is 22.8 Å². The number of H-pyrrole nitrogens is 1. The molecule has 1 aromatic heterocycles. The third-order valence-electron chi connectivity index (χ3n) is 3.56. The van der Waals surface area contributed by atoms with Gasteiger partial charge in [-0.2, -0.15) is 0 Å². The van der Waals surface area contributed by atoms with Crippen LogP contribution in [0.2, 0.25) is 0 Å². The lowest BCUT2D eigenvalue weighted by Crippen LogP contribution is -2.52. The molecule has 2 N–H and O–H groups in total. The van der Waals surface area contributed by atoms with Gasteiger partial charge >= 0.3 is 5.97 Å². The molecule has 0 spiro atoms. The van der Waals surface area contributed by atoms with Crippen LogP contribution in [0.3, 0.4) is 0 Å². The molecule has 1 amide bonds. The summed E-state index contributed by atoms with van der Waals surface area (Å²) in [5.41, 5.74) is -0.178. The molecule has 108 valence electrons. The number of amides is 1. The average Bonchev–Trinajstić information content (AvgIpc) is 2.86. The monoisotopic (exact) mass is 281 g/mol. The molecule has 2 rings (SSSR count). The Morgan fingerprint density at radius 1 is 1.55 bits per heavy atom. The van der Waals surface area contributed by atoms with E-state index in [9.17, 15) is 24.8 Å². The van der Waals surface area contributed by atoms with Crippen molar-refractivity contribution in [3.8, 4) is 0 Å². The normalized spacial score (nSPS) is 22.6. The van der Waals surface area contributed by atoms with Gasteiger partial charge in [0.15, 0.2) is 0 Å². The zero-order valence-corrected chi connectivity index (χ0v) is 10.9. The lowest BCUT2D eigenvalue weighted by atomic mass is 9.90. The molecular weight excluding hydrogens is 266 g/mol. The first kappa shape index (κ1) is 14.0. The highest BCUT2D eigenvalue weighted by Crippen LogP contribution is 2.25. The van der Waals surface area contributed by atoms with Crippen LogP contribution in [-0.2, 0) is 4.79 Å². The van der Waals surface area contributed by atoms with Crippen molar-refractivity contribution in [1.82, 2.24) is 9.88 Å². The van der Waals surface area contributed by atoms with Crippen LogP contribution < -0.4 is 0 Å². The van der Waals surface area contributed by atoms with Gasteiger partial charge in [-0.05, 0) is 18.8 Å². The minimum absolute atomic E-state index is 0.0389. The van der Waals surface area contributed by atoms with Crippen LogP contribution in [0, 0.1) is 16.0 Å². The second-order valence-corrected chi connectivity index (χ2v) is 4.93. The maximum atomic E-state index is 12.3. The van der Waals surface area contributed by atoms with Crippen molar-refractivity contribution in [1.29, 1.82) is 0 Å². The molecule has 1 fully saturated rings. The maximum Gasteiger partial charge on any atom is 0.326 e. The summed E-state index contributed by atoms with van der Waals surface area (Å²) in [5.74, 6) is -1.71. The lowest BCUT2D eigenvalue weighted by molar-refractivity contribution is -0.384. The van der Waals surface area contributed by atoms with Crippen molar-refractivity contribution >= 4 is 17.6 Å². The van der Waals surface area contributed by atoms with Gasteiger partial charge in [0.25, 0.3) is 11.6 Å². The Kier molecular flexibility index (Phi) is 3.73. The fraction of sp³-hybridized carbons (Fsp3) is 0.500. The predicted octanol–water partition coefficient (Wildman–Crippen LogP) is 1.25. The Morgan fingerprint density at radius 2 is 2.25 bits per heavy atom. The molecule has 1 aliphatic rings. The van der Waals surface area contributed by atoms with E-state index in [0.29, 0.717) is 6.54 Å². The Hall–Kier alpha value is -2.38. The summed E-state index contributed by atoms with van der Waals surface area (Å²) in [7, 11) is 0. The summed E-state index contributed by atoms with van der Waals surface area (Å²) in [6.45, 7) is 2.13. The van der Waals surface area contributed by atoms with Crippen LogP contribution >= 0.6 is 0 Å². The fourth-order valence-corrected chi connectivity index (χ4v) is 2.56. The topological polar surface area (TPSA) is 117 Å². The number of nitro groups is 1. The minimum Gasteiger partial charge on any atom is -0.480 e. The average molecular weight is 281 g/mol. The highest BCUT2D eigenvalue weighted by Gasteiger charge is 2.38. The van der Waals surface area contributed by atoms with Crippen LogP contribution in [0.15, 0.2) is 12.3 Å². The number of piperidine rings is 1. The minimum atomic E-state index is -1.05. The number of hydrogen-bond donors (Lipinski definition) is 2. The maximum absolute atomic E-state index is 12.3. The number of aromatic amines is 1. The molecule has 1 aliphatic heterocycles. The Morgan fingerprint density at radius 3 is 2.80 bits per heavy atom. The van der Waals surface area contributed by atoms with Crippen LogP contribution in [-0.4, -0.2) is 44.4 Å². The quantitative estimate of drug-likeness (QED) is 0.638. The number of rotatable bonds is 3. The van der Waals surface area contributed by atoms with E-state index >= 15 is 0 Å². The molecule has 0 aromatic carbocycles. The summed E-state index contributed by atoms with van der Waals surface area (Å²) in [4.78, 5) is 37.4. The van der Waals surface area contributed by atoms with Crippen LogP contribution in [0.1, 0.15) is 30.3 Å².